The van der Waals surface area contributed by atoms with Gasteiger partial charge in [-0.15, -0.1) is 0 Å². The Balaban J connectivity index is 2.65. The minimum Gasteiger partial charge on any atom is -0.266 e. The van der Waals surface area contributed by atoms with E-state index in [-0.39, 0.29) is 0 Å². The van der Waals surface area contributed by atoms with Crippen LogP contribution < -0.4 is 0 Å². The molecule has 0 radical (unpaired) electrons. The summed E-state index contributed by atoms with van der Waals surface area (Å²) in [7, 11) is 0. The fraction of sp³-hybridized carbons (Fsp3) is 0.471. The van der Waals surface area contributed by atoms with E-state index in [1.54, 1.807) is 0 Å². The highest BCUT2D eigenvalue weighted by molar-refractivity contribution is 5.69. The Morgan fingerprint density at radius 1 is 0.947 bits per heavy atom. The lowest BCUT2D eigenvalue weighted by atomic mass is 9.96. The molecule has 2 aromatic rings. The van der Waals surface area contributed by atoms with Crippen LogP contribution >= 0.6 is 0 Å². The summed E-state index contributed by atoms with van der Waals surface area (Å²) in [6, 6.07) is 9.15. The van der Waals surface area contributed by atoms with Crippen molar-refractivity contribution in [1.82, 2.24) is 9.78 Å². The zero-order chi connectivity index (χ0) is 14.2. The topological polar surface area (TPSA) is 17.8 Å². The molecule has 2 rings (SSSR count). The highest BCUT2D eigenvalue weighted by Crippen LogP contribution is 2.33. The van der Waals surface area contributed by atoms with Gasteiger partial charge in [-0.2, -0.15) is 5.10 Å². The number of benzene rings is 1. The minimum absolute atomic E-state index is 0.398. The van der Waals surface area contributed by atoms with Gasteiger partial charge in [-0.1, -0.05) is 43.7 Å². The zero-order valence-corrected chi connectivity index (χ0v) is 12.9. The summed E-state index contributed by atoms with van der Waals surface area (Å²) in [5.41, 5.74) is 6.35. The highest BCUT2D eigenvalue weighted by atomic mass is 15.3. The van der Waals surface area contributed by atoms with Crippen LogP contribution in [0.5, 0.6) is 0 Å². The maximum atomic E-state index is 4.75. The molecule has 0 aliphatic heterocycles. The first-order chi connectivity index (χ1) is 8.91. The molecule has 0 N–H and O–H groups in total. The molecule has 0 fully saturated rings. The van der Waals surface area contributed by atoms with Gasteiger partial charge in [0.2, 0.25) is 0 Å². The van der Waals surface area contributed by atoms with E-state index in [2.05, 4.69) is 70.5 Å². The quantitative estimate of drug-likeness (QED) is 0.766. The van der Waals surface area contributed by atoms with Crippen molar-refractivity contribution < 1.29 is 0 Å². The van der Waals surface area contributed by atoms with Crippen molar-refractivity contribution in [3.05, 3.63) is 41.2 Å². The van der Waals surface area contributed by atoms with Gasteiger partial charge >= 0.3 is 0 Å². The Kier molecular flexibility index (Phi) is 3.79. The SMILES string of the molecule is Cc1ccc(-c2c(C)nn(C(C)C)c2C(C)C)cc1. The second-order valence-corrected chi connectivity index (χ2v) is 5.90. The zero-order valence-electron chi connectivity index (χ0n) is 12.9. The maximum absolute atomic E-state index is 4.75. The summed E-state index contributed by atoms with van der Waals surface area (Å²) >= 11 is 0. The lowest BCUT2D eigenvalue weighted by Gasteiger charge is -2.15. The average molecular weight is 256 g/mol. The van der Waals surface area contributed by atoms with Crippen LogP contribution in [0.1, 0.15) is 56.6 Å². The molecule has 0 amide bonds. The smallest absolute Gasteiger partial charge is 0.0675 e. The molecule has 19 heavy (non-hydrogen) atoms. The lowest BCUT2D eigenvalue weighted by Crippen LogP contribution is -2.09. The summed E-state index contributed by atoms with van der Waals surface area (Å²) in [4.78, 5) is 0. The van der Waals surface area contributed by atoms with Crippen LogP contribution in [0.4, 0.5) is 0 Å². The van der Waals surface area contributed by atoms with Crippen LogP contribution in [0.25, 0.3) is 11.1 Å². The molecule has 2 nitrogen and oxygen atoms in total. The van der Waals surface area contributed by atoms with Gasteiger partial charge in [0, 0.05) is 17.3 Å². The Morgan fingerprint density at radius 3 is 2.00 bits per heavy atom. The van der Waals surface area contributed by atoms with Crippen molar-refractivity contribution in [3.8, 4) is 11.1 Å². The van der Waals surface area contributed by atoms with Gasteiger partial charge in [-0.25, -0.2) is 0 Å². The number of rotatable bonds is 3. The first-order valence-corrected chi connectivity index (χ1v) is 7.07. The van der Waals surface area contributed by atoms with Crippen LogP contribution in [-0.2, 0) is 0 Å². The molecule has 0 atom stereocenters. The van der Waals surface area contributed by atoms with E-state index in [1.165, 1.54) is 22.4 Å². The van der Waals surface area contributed by atoms with Crippen molar-refractivity contribution >= 4 is 0 Å². The van der Waals surface area contributed by atoms with Crippen LogP contribution in [0.3, 0.4) is 0 Å². The van der Waals surface area contributed by atoms with Crippen molar-refractivity contribution in [2.75, 3.05) is 0 Å². The Hall–Kier alpha value is -1.57. The van der Waals surface area contributed by atoms with Crippen LogP contribution in [0, 0.1) is 13.8 Å². The van der Waals surface area contributed by atoms with Crippen molar-refractivity contribution in [2.45, 2.75) is 53.5 Å². The fourth-order valence-electron chi connectivity index (χ4n) is 2.59. The van der Waals surface area contributed by atoms with Gasteiger partial charge in [-0.3, -0.25) is 4.68 Å². The summed E-state index contributed by atoms with van der Waals surface area (Å²) in [5.74, 6) is 0.472. The molecule has 0 aliphatic rings. The fourth-order valence-corrected chi connectivity index (χ4v) is 2.59. The third-order valence-electron chi connectivity index (χ3n) is 3.50. The molecule has 0 aliphatic carbocycles. The van der Waals surface area contributed by atoms with Gasteiger partial charge in [0.25, 0.3) is 0 Å². The van der Waals surface area contributed by atoms with Gasteiger partial charge in [0.05, 0.1) is 5.69 Å². The van der Waals surface area contributed by atoms with Crippen LogP contribution in [0.15, 0.2) is 24.3 Å². The Morgan fingerprint density at radius 2 is 1.53 bits per heavy atom. The third-order valence-corrected chi connectivity index (χ3v) is 3.50. The molecule has 1 heterocycles. The van der Waals surface area contributed by atoms with Crippen LogP contribution in [-0.4, -0.2) is 9.78 Å². The molecule has 102 valence electrons. The lowest BCUT2D eigenvalue weighted by molar-refractivity contribution is 0.496. The normalized spacial score (nSPS) is 11.6. The average Bonchev–Trinajstić information content (AvgIpc) is 2.68. The van der Waals surface area contributed by atoms with Gasteiger partial charge in [0.15, 0.2) is 0 Å². The molecule has 1 aromatic heterocycles. The number of hydrogen-bond acceptors (Lipinski definition) is 1. The molecule has 0 saturated carbocycles. The van der Waals surface area contributed by atoms with Crippen molar-refractivity contribution in [3.63, 3.8) is 0 Å². The Bertz CT molecular complexity index is 560. The molecular formula is C17H24N2. The molecular weight excluding hydrogens is 232 g/mol. The summed E-state index contributed by atoms with van der Waals surface area (Å²) in [6.07, 6.45) is 0. The third kappa shape index (κ3) is 2.58. The molecule has 2 heteroatoms. The predicted molar refractivity (Wildman–Crippen MR) is 81.6 cm³/mol. The molecule has 1 aromatic carbocycles. The van der Waals surface area contributed by atoms with Gasteiger partial charge < -0.3 is 0 Å². The minimum atomic E-state index is 0.398. The summed E-state index contributed by atoms with van der Waals surface area (Å²) in [6.45, 7) is 13.1. The first kappa shape index (κ1) is 13.9. The maximum Gasteiger partial charge on any atom is 0.0675 e. The van der Waals surface area contributed by atoms with Gasteiger partial charge in [-0.05, 0) is 39.2 Å². The Labute approximate surface area is 116 Å². The monoisotopic (exact) mass is 256 g/mol. The van der Waals surface area contributed by atoms with Crippen molar-refractivity contribution in [2.24, 2.45) is 0 Å². The number of aromatic nitrogens is 2. The van der Waals surface area contributed by atoms with E-state index < -0.39 is 0 Å². The second-order valence-electron chi connectivity index (χ2n) is 5.90. The summed E-state index contributed by atoms with van der Waals surface area (Å²) < 4.78 is 2.18. The van der Waals surface area contributed by atoms with E-state index in [0.717, 1.165) is 5.69 Å². The van der Waals surface area contributed by atoms with E-state index in [1.807, 2.05) is 0 Å². The standard InChI is InChI=1S/C17H24N2/c1-11(2)17-16(14(6)18-19(17)12(3)4)15-9-7-13(5)8-10-15/h7-12H,1-6H3. The first-order valence-electron chi connectivity index (χ1n) is 7.07. The molecule has 0 saturated heterocycles. The molecule has 0 spiro atoms. The van der Waals surface area contributed by atoms with E-state index in [0.29, 0.717) is 12.0 Å². The van der Waals surface area contributed by atoms with Crippen molar-refractivity contribution in [1.29, 1.82) is 0 Å². The predicted octanol–water partition coefficient (Wildman–Crippen LogP) is 4.87. The highest BCUT2D eigenvalue weighted by Gasteiger charge is 2.20. The number of hydrogen-bond donors (Lipinski definition) is 0. The largest absolute Gasteiger partial charge is 0.266 e. The van der Waals surface area contributed by atoms with E-state index in [4.69, 9.17) is 5.10 Å². The molecule has 0 bridgehead atoms. The van der Waals surface area contributed by atoms with E-state index in [9.17, 15) is 0 Å². The van der Waals surface area contributed by atoms with Gasteiger partial charge in [0.1, 0.15) is 0 Å². The van der Waals surface area contributed by atoms with Crippen LogP contribution in [0.2, 0.25) is 0 Å². The summed E-state index contributed by atoms with van der Waals surface area (Å²) in [5, 5.41) is 4.75. The molecule has 0 unspecified atom stereocenters. The van der Waals surface area contributed by atoms with E-state index >= 15 is 0 Å². The number of nitrogens with zero attached hydrogens (tertiary/aromatic N) is 2. The number of aryl methyl sites for hydroxylation is 2. The second kappa shape index (κ2) is 5.20.